The third-order valence-electron chi connectivity index (χ3n) is 4.24. The third kappa shape index (κ3) is 1.83. The number of fused-ring (bicyclic) bond motifs is 2. The van der Waals surface area contributed by atoms with E-state index in [1.807, 2.05) is 6.07 Å². The molecule has 0 aromatic heterocycles. The number of hydrogen-bond donors (Lipinski definition) is 1. The molecule has 2 atom stereocenters. The number of rotatable bonds is 2. The fraction of sp³-hybridized carbons (Fsp3) is 0.294. The topological polar surface area (TPSA) is 21.3 Å². The molecule has 1 heterocycles. The maximum absolute atomic E-state index is 5.75. The second kappa shape index (κ2) is 4.39. The predicted molar refractivity (Wildman–Crippen MR) is 75.3 cm³/mol. The maximum Gasteiger partial charge on any atom is 0.124 e. The van der Waals surface area contributed by atoms with E-state index >= 15 is 0 Å². The summed E-state index contributed by atoms with van der Waals surface area (Å²) in [6.07, 6.45) is 2.38. The number of benzene rings is 2. The van der Waals surface area contributed by atoms with Crippen LogP contribution in [0.3, 0.4) is 0 Å². The van der Waals surface area contributed by atoms with Gasteiger partial charge in [-0.05, 0) is 30.0 Å². The first-order chi connectivity index (χ1) is 9.42. The van der Waals surface area contributed by atoms with Gasteiger partial charge in [-0.15, -0.1) is 0 Å². The van der Waals surface area contributed by atoms with Crippen molar-refractivity contribution in [2.45, 2.75) is 24.9 Å². The minimum absolute atomic E-state index is 0.326. The first-order valence-corrected chi connectivity index (χ1v) is 6.97. The van der Waals surface area contributed by atoms with E-state index in [2.05, 4.69) is 47.8 Å². The zero-order valence-corrected chi connectivity index (χ0v) is 10.8. The molecule has 2 aliphatic rings. The average Bonchev–Trinajstić information content (AvgIpc) is 3.05. The van der Waals surface area contributed by atoms with Gasteiger partial charge in [0, 0.05) is 11.6 Å². The lowest BCUT2D eigenvalue weighted by molar-refractivity contribution is 0.297. The maximum atomic E-state index is 5.75. The molecule has 1 N–H and O–H groups in total. The van der Waals surface area contributed by atoms with Crippen molar-refractivity contribution in [1.29, 1.82) is 0 Å². The van der Waals surface area contributed by atoms with E-state index in [1.54, 1.807) is 0 Å². The van der Waals surface area contributed by atoms with Crippen LogP contribution in [0.1, 0.15) is 35.2 Å². The van der Waals surface area contributed by atoms with Crippen molar-refractivity contribution in [1.82, 2.24) is 5.32 Å². The Labute approximate surface area is 113 Å². The monoisotopic (exact) mass is 251 g/mol. The number of para-hydroxylation sites is 1. The lowest BCUT2D eigenvalue weighted by Crippen LogP contribution is -2.26. The summed E-state index contributed by atoms with van der Waals surface area (Å²) < 4.78 is 5.75. The Morgan fingerprint density at radius 2 is 1.68 bits per heavy atom. The Morgan fingerprint density at radius 1 is 0.895 bits per heavy atom. The summed E-state index contributed by atoms with van der Waals surface area (Å²) in [5.41, 5.74) is 4.26. The second-order valence-electron chi connectivity index (χ2n) is 5.36. The highest BCUT2D eigenvalue weighted by Crippen LogP contribution is 2.37. The van der Waals surface area contributed by atoms with Gasteiger partial charge in [-0.2, -0.15) is 0 Å². The molecular weight excluding hydrogens is 234 g/mol. The first kappa shape index (κ1) is 11.1. The fourth-order valence-corrected chi connectivity index (χ4v) is 3.27. The smallest absolute Gasteiger partial charge is 0.124 e. The van der Waals surface area contributed by atoms with E-state index in [0.29, 0.717) is 12.1 Å². The molecule has 1 aliphatic heterocycles. The predicted octanol–water partition coefficient (Wildman–Crippen LogP) is 3.40. The molecule has 0 amide bonds. The SMILES string of the molecule is c1ccc2c(c1)CCC2NC1COc2ccccc21. The van der Waals surface area contributed by atoms with Gasteiger partial charge < -0.3 is 10.1 Å². The van der Waals surface area contributed by atoms with Crippen LogP contribution in [-0.2, 0) is 6.42 Å². The van der Waals surface area contributed by atoms with Gasteiger partial charge in [-0.3, -0.25) is 0 Å². The van der Waals surface area contributed by atoms with Crippen LogP contribution in [0.25, 0.3) is 0 Å². The quantitative estimate of drug-likeness (QED) is 0.883. The largest absolute Gasteiger partial charge is 0.491 e. The summed E-state index contributed by atoms with van der Waals surface area (Å²) in [6.45, 7) is 0.748. The van der Waals surface area contributed by atoms with Gasteiger partial charge in [0.1, 0.15) is 12.4 Å². The van der Waals surface area contributed by atoms with E-state index < -0.39 is 0 Å². The van der Waals surface area contributed by atoms with Crippen LogP contribution < -0.4 is 10.1 Å². The van der Waals surface area contributed by atoms with Gasteiger partial charge in [-0.25, -0.2) is 0 Å². The van der Waals surface area contributed by atoms with Gasteiger partial charge in [0.25, 0.3) is 0 Å². The van der Waals surface area contributed by atoms with Gasteiger partial charge in [0.15, 0.2) is 0 Å². The number of hydrogen-bond acceptors (Lipinski definition) is 2. The highest BCUT2D eigenvalue weighted by Gasteiger charge is 2.29. The summed E-state index contributed by atoms with van der Waals surface area (Å²) in [5.74, 6) is 1.03. The Morgan fingerprint density at radius 3 is 2.63 bits per heavy atom. The van der Waals surface area contributed by atoms with E-state index in [0.717, 1.165) is 12.4 Å². The van der Waals surface area contributed by atoms with Gasteiger partial charge in [0.05, 0.1) is 6.04 Å². The van der Waals surface area contributed by atoms with Gasteiger partial charge in [0.2, 0.25) is 0 Å². The van der Waals surface area contributed by atoms with Crippen LogP contribution in [0.4, 0.5) is 0 Å². The van der Waals surface area contributed by atoms with Crippen LogP contribution >= 0.6 is 0 Å². The molecule has 0 fully saturated rings. The molecule has 4 rings (SSSR count). The highest BCUT2D eigenvalue weighted by atomic mass is 16.5. The van der Waals surface area contributed by atoms with Crippen LogP contribution in [0, 0.1) is 0 Å². The molecule has 2 unspecified atom stereocenters. The van der Waals surface area contributed by atoms with Crippen molar-refractivity contribution in [3.8, 4) is 5.75 Å². The molecule has 0 radical (unpaired) electrons. The van der Waals surface area contributed by atoms with Crippen molar-refractivity contribution in [2.24, 2.45) is 0 Å². The van der Waals surface area contributed by atoms with Crippen LogP contribution in [0.2, 0.25) is 0 Å². The summed E-state index contributed by atoms with van der Waals surface area (Å²) in [6, 6.07) is 17.9. The van der Waals surface area contributed by atoms with E-state index in [1.165, 1.54) is 29.5 Å². The second-order valence-corrected chi connectivity index (χ2v) is 5.36. The van der Waals surface area contributed by atoms with Crippen LogP contribution in [0.15, 0.2) is 48.5 Å². The molecular formula is C17H17NO. The minimum atomic E-state index is 0.326. The Hall–Kier alpha value is -1.80. The van der Waals surface area contributed by atoms with Crippen molar-refractivity contribution < 1.29 is 4.74 Å². The molecule has 0 saturated carbocycles. The third-order valence-corrected chi connectivity index (χ3v) is 4.24. The molecule has 19 heavy (non-hydrogen) atoms. The normalized spacial score (nSPS) is 23.8. The van der Waals surface area contributed by atoms with E-state index in [-0.39, 0.29) is 0 Å². The number of aryl methyl sites for hydroxylation is 1. The zero-order valence-electron chi connectivity index (χ0n) is 10.8. The molecule has 96 valence electrons. The lowest BCUT2D eigenvalue weighted by atomic mass is 10.0. The summed E-state index contributed by atoms with van der Waals surface area (Å²) >= 11 is 0. The number of ether oxygens (including phenoxy) is 1. The summed E-state index contributed by atoms with van der Waals surface area (Å²) in [4.78, 5) is 0. The van der Waals surface area contributed by atoms with E-state index in [9.17, 15) is 0 Å². The Bertz CT molecular complexity index is 554. The Balaban J connectivity index is 1.58. The van der Waals surface area contributed by atoms with E-state index in [4.69, 9.17) is 4.74 Å². The molecule has 2 aromatic rings. The molecule has 1 aliphatic carbocycles. The highest BCUT2D eigenvalue weighted by molar-refractivity contribution is 5.40. The Kier molecular flexibility index (Phi) is 2.56. The molecule has 0 saturated heterocycles. The minimum Gasteiger partial charge on any atom is -0.491 e. The molecule has 2 nitrogen and oxygen atoms in total. The van der Waals surface area contributed by atoms with Crippen molar-refractivity contribution in [2.75, 3.05) is 6.61 Å². The van der Waals surface area contributed by atoms with Gasteiger partial charge in [-0.1, -0.05) is 42.5 Å². The molecule has 0 spiro atoms. The van der Waals surface area contributed by atoms with Crippen molar-refractivity contribution in [3.63, 3.8) is 0 Å². The zero-order chi connectivity index (χ0) is 12.7. The molecule has 0 bridgehead atoms. The molecule has 2 aromatic carbocycles. The summed E-state index contributed by atoms with van der Waals surface area (Å²) in [7, 11) is 0. The average molecular weight is 251 g/mol. The number of nitrogens with one attached hydrogen (secondary N) is 1. The summed E-state index contributed by atoms with van der Waals surface area (Å²) in [5, 5.41) is 3.77. The lowest BCUT2D eigenvalue weighted by Gasteiger charge is -2.19. The first-order valence-electron chi connectivity index (χ1n) is 6.97. The van der Waals surface area contributed by atoms with Crippen molar-refractivity contribution >= 4 is 0 Å². The fourth-order valence-electron chi connectivity index (χ4n) is 3.27. The standard InChI is InChI=1S/C17H17NO/c1-2-6-13-12(5-1)9-10-15(13)18-16-11-19-17-8-4-3-7-14(16)17/h1-8,15-16,18H,9-11H2. The van der Waals surface area contributed by atoms with Crippen LogP contribution in [-0.4, -0.2) is 6.61 Å². The van der Waals surface area contributed by atoms with Crippen molar-refractivity contribution in [3.05, 3.63) is 65.2 Å². The van der Waals surface area contributed by atoms with Crippen LogP contribution in [0.5, 0.6) is 5.75 Å². The van der Waals surface area contributed by atoms with Gasteiger partial charge >= 0.3 is 0 Å². The molecule has 2 heteroatoms.